The number of carbonyl (C=O) groups excluding carboxylic acids is 1. The van der Waals surface area contributed by atoms with E-state index >= 15 is 0 Å². The highest BCUT2D eigenvalue weighted by molar-refractivity contribution is 7.89. The molecular formula is C22H23N5O5S. The standard InChI is InChI=1S/C22H23N5O5S/c1-32-20-5-3-2-4-19(20)16-6-8-18(9-7-16)33(30,31)27-12-10-26(11-13-27)22-23-14-17(15-24-22)21(28)25-29/h2-9,14-15,29H,10-13H2,1H3,(H,25,28). The number of aromatic nitrogens is 2. The Morgan fingerprint density at radius 3 is 2.24 bits per heavy atom. The number of benzene rings is 2. The number of hydroxylamine groups is 1. The van der Waals surface area contributed by atoms with Gasteiger partial charge < -0.3 is 9.64 Å². The molecule has 0 saturated carbocycles. The summed E-state index contributed by atoms with van der Waals surface area (Å²) in [6, 6.07) is 14.3. The molecule has 11 heteroatoms. The van der Waals surface area contributed by atoms with Crippen LogP contribution in [0.2, 0.25) is 0 Å². The molecule has 1 saturated heterocycles. The summed E-state index contributed by atoms with van der Waals surface area (Å²) in [6.07, 6.45) is 2.61. The SMILES string of the molecule is COc1ccccc1-c1ccc(S(=O)(=O)N2CCN(c3ncc(C(=O)NO)cn3)CC2)cc1. The van der Waals surface area contributed by atoms with Gasteiger partial charge in [-0.1, -0.05) is 30.3 Å². The molecule has 0 bridgehead atoms. The fourth-order valence-electron chi connectivity index (χ4n) is 3.63. The molecule has 33 heavy (non-hydrogen) atoms. The number of carbonyl (C=O) groups is 1. The summed E-state index contributed by atoms with van der Waals surface area (Å²) in [5, 5.41) is 8.67. The molecule has 10 nitrogen and oxygen atoms in total. The molecule has 0 unspecified atom stereocenters. The monoisotopic (exact) mass is 469 g/mol. The zero-order valence-corrected chi connectivity index (χ0v) is 18.7. The number of anilines is 1. The minimum absolute atomic E-state index is 0.124. The Morgan fingerprint density at radius 1 is 1.00 bits per heavy atom. The first-order chi connectivity index (χ1) is 15.9. The van der Waals surface area contributed by atoms with E-state index in [1.54, 1.807) is 31.4 Å². The summed E-state index contributed by atoms with van der Waals surface area (Å²) in [5.74, 6) is 0.411. The van der Waals surface area contributed by atoms with Gasteiger partial charge in [-0.25, -0.2) is 23.9 Å². The van der Waals surface area contributed by atoms with Crippen LogP contribution in [0.4, 0.5) is 5.95 Å². The second-order valence-corrected chi connectivity index (χ2v) is 9.27. The lowest BCUT2D eigenvalue weighted by molar-refractivity contribution is 0.0705. The summed E-state index contributed by atoms with van der Waals surface area (Å²) in [5.41, 5.74) is 3.40. The maximum Gasteiger partial charge on any atom is 0.277 e. The minimum atomic E-state index is -3.65. The van der Waals surface area contributed by atoms with Gasteiger partial charge >= 0.3 is 0 Å². The summed E-state index contributed by atoms with van der Waals surface area (Å²) in [6.45, 7) is 1.37. The fraction of sp³-hybridized carbons (Fsp3) is 0.227. The van der Waals surface area contributed by atoms with Crippen LogP contribution in [0.1, 0.15) is 10.4 Å². The predicted molar refractivity (Wildman–Crippen MR) is 121 cm³/mol. The van der Waals surface area contributed by atoms with E-state index in [1.807, 2.05) is 29.2 Å². The van der Waals surface area contributed by atoms with E-state index in [0.717, 1.165) is 16.9 Å². The molecule has 3 aromatic rings. The average molecular weight is 470 g/mol. The van der Waals surface area contributed by atoms with Gasteiger partial charge in [0, 0.05) is 44.1 Å². The number of nitrogens with zero attached hydrogens (tertiary/aromatic N) is 4. The second-order valence-electron chi connectivity index (χ2n) is 7.33. The van der Waals surface area contributed by atoms with Crippen molar-refractivity contribution in [3.05, 3.63) is 66.5 Å². The van der Waals surface area contributed by atoms with Gasteiger partial charge in [-0.05, 0) is 23.8 Å². The van der Waals surface area contributed by atoms with Gasteiger partial charge in [0.2, 0.25) is 16.0 Å². The van der Waals surface area contributed by atoms with Crippen LogP contribution in [0.15, 0.2) is 65.8 Å². The van der Waals surface area contributed by atoms with Gasteiger partial charge in [0.25, 0.3) is 5.91 Å². The van der Waals surface area contributed by atoms with Crippen molar-refractivity contribution in [2.75, 3.05) is 38.2 Å². The van der Waals surface area contributed by atoms with Crippen LogP contribution in [0.25, 0.3) is 11.1 Å². The third-order valence-electron chi connectivity index (χ3n) is 5.43. The van der Waals surface area contributed by atoms with Crippen LogP contribution >= 0.6 is 0 Å². The van der Waals surface area contributed by atoms with Gasteiger partial charge in [-0.3, -0.25) is 10.0 Å². The first-order valence-corrected chi connectivity index (χ1v) is 11.6. The molecule has 2 heterocycles. The molecule has 0 aliphatic carbocycles. The molecule has 172 valence electrons. The highest BCUT2D eigenvalue weighted by Crippen LogP contribution is 2.30. The van der Waals surface area contributed by atoms with E-state index in [1.165, 1.54) is 22.2 Å². The summed E-state index contributed by atoms with van der Waals surface area (Å²) < 4.78 is 33.1. The Balaban J connectivity index is 1.44. The third-order valence-corrected chi connectivity index (χ3v) is 7.35. The van der Waals surface area contributed by atoms with Crippen LogP contribution < -0.4 is 15.1 Å². The Labute approximate surface area is 191 Å². The molecule has 0 radical (unpaired) electrons. The van der Waals surface area contributed by atoms with Gasteiger partial charge in [-0.2, -0.15) is 4.31 Å². The van der Waals surface area contributed by atoms with E-state index in [9.17, 15) is 13.2 Å². The van der Waals surface area contributed by atoms with Crippen LogP contribution in [0.5, 0.6) is 5.75 Å². The lowest BCUT2D eigenvalue weighted by Gasteiger charge is -2.34. The van der Waals surface area contributed by atoms with Crippen molar-refractivity contribution in [3.8, 4) is 16.9 Å². The van der Waals surface area contributed by atoms with Gasteiger partial charge in [-0.15, -0.1) is 0 Å². The Bertz CT molecular complexity index is 1220. The maximum absolute atomic E-state index is 13.1. The topological polar surface area (TPSA) is 125 Å². The number of rotatable bonds is 6. The third kappa shape index (κ3) is 4.65. The highest BCUT2D eigenvalue weighted by atomic mass is 32.2. The van der Waals surface area contributed by atoms with Crippen LogP contribution in [0.3, 0.4) is 0 Å². The van der Waals surface area contributed by atoms with E-state index in [-0.39, 0.29) is 23.5 Å². The molecule has 1 fully saturated rings. The van der Waals surface area contributed by atoms with Crippen LogP contribution in [-0.2, 0) is 10.0 Å². The number of nitrogens with one attached hydrogen (secondary N) is 1. The van der Waals surface area contributed by atoms with Crippen molar-refractivity contribution < 1.29 is 23.2 Å². The Hall–Kier alpha value is -3.54. The van der Waals surface area contributed by atoms with Gasteiger partial charge in [0.1, 0.15) is 5.75 Å². The smallest absolute Gasteiger partial charge is 0.277 e. The van der Waals surface area contributed by atoms with Gasteiger partial charge in [0.05, 0.1) is 17.6 Å². The lowest BCUT2D eigenvalue weighted by Crippen LogP contribution is -2.49. The van der Waals surface area contributed by atoms with E-state index < -0.39 is 15.9 Å². The van der Waals surface area contributed by atoms with E-state index in [2.05, 4.69) is 9.97 Å². The number of hydrogen-bond donors (Lipinski definition) is 2. The highest BCUT2D eigenvalue weighted by Gasteiger charge is 2.29. The summed E-state index contributed by atoms with van der Waals surface area (Å²) in [7, 11) is -2.05. The van der Waals surface area contributed by atoms with Crippen molar-refractivity contribution in [3.63, 3.8) is 0 Å². The number of para-hydroxylation sites is 1. The molecule has 1 aliphatic heterocycles. The molecule has 0 spiro atoms. The number of sulfonamides is 1. The number of piperazine rings is 1. The fourth-order valence-corrected chi connectivity index (χ4v) is 5.06. The predicted octanol–water partition coefficient (Wildman–Crippen LogP) is 1.78. The van der Waals surface area contributed by atoms with Crippen LogP contribution in [0, 0.1) is 0 Å². The molecule has 4 rings (SSSR count). The van der Waals surface area contributed by atoms with Crippen LogP contribution in [-0.4, -0.2) is 67.1 Å². The molecule has 1 amide bonds. The van der Waals surface area contributed by atoms with E-state index in [0.29, 0.717) is 19.0 Å². The van der Waals surface area contributed by atoms with E-state index in [4.69, 9.17) is 9.94 Å². The zero-order valence-electron chi connectivity index (χ0n) is 17.9. The summed E-state index contributed by atoms with van der Waals surface area (Å²) in [4.78, 5) is 21.7. The first-order valence-electron chi connectivity index (χ1n) is 10.2. The number of hydrogen-bond acceptors (Lipinski definition) is 8. The molecule has 2 aromatic carbocycles. The number of amides is 1. The number of ether oxygens (including phenoxy) is 1. The number of methoxy groups -OCH3 is 1. The maximum atomic E-state index is 13.1. The lowest BCUT2D eigenvalue weighted by atomic mass is 10.1. The normalized spacial score (nSPS) is 14.7. The van der Waals surface area contributed by atoms with Crippen molar-refractivity contribution >= 4 is 21.9 Å². The molecule has 1 aromatic heterocycles. The van der Waals surface area contributed by atoms with Crippen molar-refractivity contribution in [2.24, 2.45) is 0 Å². The van der Waals surface area contributed by atoms with Crippen molar-refractivity contribution in [1.82, 2.24) is 19.8 Å². The second kappa shape index (κ2) is 9.53. The molecular weight excluding hydrogens is 446 g/mol. The quantitative estimate of drug-likeness (QED) is 0.414. The Morgan fingerprint density at radius 2 is 1.64 bits per heavy atom. The molecule has 1 aliphatic rings. The largest absolute Gasteiger partial charge is 0.496 e. The van der Waals surface area contributed by atoms with Gasteiger partial charge in [0.15, 0.2) is 0 Å². The summed E-state index contributed by atoms with van der Waals surface area (Å²) >= 11 is 0. The minimum Gasteiger partial charge on any atom is -0.496 e. The molecule has 2 N–H and O–H groups in total. The molecule has 0 atom stereocenters. The average Bonchev–Trinajstić information content (AvgIpc) is 2.88. The Kier molecular flexibility index (Phi) is 6.54. The first kappa shape index (κ1) is 22.6. The zero-order chi connectivity index (χ0) is 23.4. The van der Waals surface area contributed by atoms with Crippen molar-refractivity contribution in [2.45, 2.75) is 4.90 Å². The van der Waals surface area contributed by atoms with Crippen molar-refractivity contribution in [1.29, 1.82) is 0 Å².